The molecule has 0 saturated carbocycles. The molecule has 2 rings (SSSR count). The molecule has 112 valence electrons. The van der Waals surface area contributed by atoms with Crippen molar-refractivity contribution < 1.29 is 13.2 Å². The Kier molecular flexibility index (Phi) is 4.47. The van der Waals surface area contributed by atoms with E-state index in [1.54, 1.807) is 13.2 Å². The number of methoxy groups -OCH3 is 1. The van der Waals surface area contributed by atoms with E-state index >= 15 is 0 Å². The summed E-state index contributed by atoms with van der Waals surface area (Å²) in [5.74, 6) is 0.804. The summed E-state index contributed by atoms with van der Waals surface area (Å²) in [5.41, 5.74) is 1.77. The van der Waals surface area contributed by atoms with Crippen LogP contribution in [-0.2, 0) is 9.84 Å². The van der Waals surface area contributed by atoms with Crippen LogP contribution in [0.3, 0.4) is 0 Å². The minimum absolute atomic E-state index is 0.00651. The van der Waals surface area contributed by atoms with Crippen LogP contribution >= 0.6 is 0 Å². The normalized spacial score (nSPS) is 12.7. The lowest BCUT2D eigenvalue weighted by Gasteiger charge is -2.18. The van der Waals surface area contributed by atoms with E-state index in [2.05, 4.69) is 10.3 Å². The number of aromatic nitrogens is 1. The Morgan fingerprint density at radius 3 is 2.48 bits per heavy atom. The zero-order valence-corrected chi connectivity index (χ0v) is 13.0. The van der Waals surface area contributed by atoms with E-state index < -0.39 is 9.84 Å². The maximum Gasteiger partial charge on any atom is 0.192 e. The highest BCUT2D eigenvalue weighted by molar-refractivity contribution is 7.90. The minimum Gasteiger partial charge on any atom is -0.496 e. The first-order valence-corrected chi connectivity index (χ1v) is 8.36. The highest BCUT2D eigenvalue weighted by Gasteiger charge is 2.12. The maximum atomic E-state index is 11.4. The van der Waals surface area contributed by atoms with Gasteiger partial charge in [0.1, 0.15) is 5.75 Å². The lowest BCUT2D eigenvalue weighted by Crippen LogP contribution is -2.09. The molecule has 6 heteroatoms. The van der Waals surface area contributed by atoms with Crippen LogP contribution < -0.4 is 10.1 Å². The predicted octanol–water partition coefficient (Wildman–Crippen LogP) is 2.67. The number of hydrogen-bond donors (Lipinski definition) is 1. The highest BCUT2D eigenvalue weighted by Crippen LogP contribution is 2.27. The third-order valence-electron chi connectivity index (χ3n) is 3.10. The summed E-state index contributed by atoms with van der Waals surface area (Å²) in [7, 11) is -1.64. The Bertz CT molecular complexity index is 712. The number of nitrogens with zero attached hydrogens (tertiary/aromatic N) is 1. The summed E-state index contributed by atoms with van der Waals surface area (Å²) in [6, 6.07) is 10.9. The van der Waals surface area contributed by atoms with Gasteiger partial charge < -0.3 is 10.1 Å². The number of benzene rings is 1. The van der Waals surface area contributed by atoms with Gasteiger partial charge in [-0.3, -0.25) is 0 Å². The van der Waals surface area contributed by atoms with Crippen molar-refractivity contribution in [3.63, 3.8) is 0 Å². The fourth-order valence-electron chi connectivity index (χ4n) is 2.04. The van der Waals surface area contributed by atoms with Crippen LogP contribution in [0.15, 0.2) is 47.6 Å². The molecule has 0 saturated heterocycles. The second-order valence-electron chi connectivity index (χ2n) is 4.77. The number of pyridine rings is 1. The van der Waals surface area contributed by atoms with Crippen molar-refractivity contribution in [2.24, 2.45) is 0 Å². The molecule has 1 N–H and O–H groups in total. The van der Waals surface area contributed by atoms with E-state index in [0.717, 1.165) is 23.3 Å². The van der Waals surface area contributed by atoms with Crippen LogP contribution in [0.2, 0.25) is 0 Å². The van der Waals surface area contributed by atoms with Crippen LogP contribution in [-0.4, -0.2) is 26.8 Å². The van der Waals surface area contributed by atoms with Gasteiger partial charge in [-0.15, -0.1) is 0 Å². The quantitative estimate of drug-likeness (QED) is 0.920. The van der Waals surface area contributed by atoms with Gasteiger partial charge in [-0.2, -0.15) is 0 Å². The Hall–Kier alpha value is -2.08. The molecule has 0 aliphatic rings. The van der Waals surface area contributed by atoms with Gasteiger partial charge in [0.2, 0.25) is 0 Å². The molecule has 21 heavy (non-hydrogen) atoms. The third-order valence-corrected chi connectivity index (χ3v) is 4.11. The van der Waals surface area contributed by atoms with E-state index in [9.17, 15) is 8.42 Å². The van der Waals surface area contributed by atoms with Gasteiger partial charge in [0, 0.05) is 11.8 Å². The molecule has 1 aromatic heterocycles. The molecule has 2 aromatic rings. The van der Waals surface area contributed by atoms with Crippen LogP contribution in [0.5, 0.6) is 5.75 Å². The van der Waals surface area contributed by atoms with Gasteiger partial charge >= 0.3 is 0 Å². The third kappa shape index (κ3) is 3.72. The Balaban J connectivity index is 2.18. The zero-order chi connectivity index (χ0) is 15.5. The Morgan fingerprint density at radius 2 is 1.90 bits per heavy atom. The molecule has 0 radical (unpaired) electrons. The molecule has 0 aliphatic carbocycles. The first-order chi connectivity index (χ1) is 9.91. The molecular weight excluding hydrogens is 288 g/mol. The molecule has 1 atom stereocenters. The summed E-state index contributed by atoms with van der Waals surface area (Å²) in [4.78, 5) is 3.96. The topological polar surface area (TPSA) is 68.3 Å². The summed E-state index contributed by atoms with van der Waals surface area (Å²) >= 11 is 0. The Morgan fingerprint density at radius 1 is 1.19 bits per heavy atom. The number of sulfone groups is 1. The van der Waals surface area contributed by atoms with Crippen molar-refractivity contribution in [2.75, 3.05) is 18.7 Å². The lowest BCUT2D eigenvalue weighted by atomic mass is 10.1. The average molecular weight is 306 g/mol. The van der Waals surface area contributed by atoms with E-state index in [1.165, 1.54) is 12.3 Å². The van der Waals surface area contributed by atoms with Crippen LogP contribution in [0.25, 0.3) is 0 Å². The van der Waals surface area contributed by atoms with Gasteiger partial charge in [0.15, 0.2) is 14.9 Å². The molecule has 1 aromatic carbocycles. The lowest BCUT2D eigenvalue weighted by molar-refractivity contribution is 0.408. The van der Waals surface area contributed by atoms with Gasteiger partial charge in [0.05, 0.1) is 25.0 Å². The summed E-state index contributed by atoms with van der Waals surface area (Å²) in [6.07, 6.45) is 2.65. The number of hydrogen-bond acceptors (Lipinski definition) is 5. The fourth-order valence-corrected chi connectivity index (χ4v) is 2.60. The molecule has 1 heterocycles. The number of nitrogens with one attached hydrogen (secondary N) is 1. The van der Waals surface area contributed by atoms with Crippen molar-refractivity contribution in [3.8, 4) is 5.75 Å². The van der Waals surface area contributed by atoms with E-state index in [4.69, 9.17) is 4.74 Å². The summed E-state index contributed by atoms with van der Waals surface area (Å²) < 4.78 is 28.1. The summed E-state index contributed by atoms with van der Waals surface area (Å²) in [6.45, 7) is 2.00. The first-order valence-electron chi connectivity index (χ1n) is 6.47. The van der Waals surface area contributed by atoms with Crippen molar-refractivity contribution >= 4 is 15.5 Å². The maximum absolute atomic E-state index is 11.4. The largest absolute Gasteiger partial charge is 0.496 e. The molecule has 5 nitrogen and oxygen atoms in total. The van der Waals surface area contributed by atoms with E-state index in [1.807, 2.05) is 31.2 Å². The molecule has 0 fully saturated rings. The standard InChI is InChI=1S/C15H18N2O3S/c1-11(13-6-4-5-7-14(13)20-2)17-12-8-9-15(16-10-12)21(3,18)19/h4-11,17H,1-3H3. The van der Waals surface area contributed by atoms with Gasteiger partial charge in [-0.1, -0.05) is 18.2 Å². The monoisotopic (exact) mass is 306 g/mol. The van der Waals surface area contributed by atoms with Crippen molar-refractivity contribution in [1.82, 2.24) is 4.98 Å². The van der Waals surface area contributed by atoms with Crippen molar-refractivity contribution in [2.45, 2.75) is 18.0 Å². The first kappa shape index (κ1) is 15.3. The van der Waals surface area contributed by atoms with Gasteiger partial charge in [-0.05, 0) is 25.1 Å². The summed E-state index contributed by atoms with van der Waals surface area (Å²) in [5, 5.41) is 3.34. The van der Waals surface area contributed by atoms with Crippen LogP contribution in [0.1, 0.15) is 18.5 Å². The molecule has 0 bridgehead atoms. The average Bonchev–Trinajstić information content (AvgIpc) is 2.46. The SMILES string of the molecule is COc1ccccc1C(C)Nc1ccc(S(C)(=O)=O)nc1. The van der Waals surface area contributed by atoms with Gasteiger partial charge in [-0.25, -0.2) is 13.4 Å². The van der Waals surface area contributed by atoms with Crippen LogP contribution in [0.4, 0.5) is 5.69 Å². The number of ether oxygens (including phenoxy) is 1. The van der Waals surface area contributed by atoms with Crippen LogP contribution in [0, 0.1) is 0 Å². The second-order valence-corrected chi connectivity index (χ2v) is 6.73. The van der Waals surface area contributed by atoms with E-state index in [-0.39, 0.29) is 11.1 Å². The van der Waals surface area contributed by atoms with Crippen molar-refractivity contribution in [3.05, 3.63) is 48.2 Å². The fraction of sp³-hybridized carbons (Fsp3) is 0.267. The highest BCUT2D eigenvalue weighted by atomic mass is 32.2. The molecule has 0 amide bonds. The molecule has 0 spiro atoms. The number of rotatable bonds is 5. The molecular formula is C15H18N2O3S. The smallest absolute Gasteiger partial charge is 0.192 e. The minimum atomic E-state index is -3.27. The number of anilines is 1. The molecule has 0 aliphatic heterocycles. The predicted molar refractivity (Wildman–Crippen MR) is 82.4 cm³/mol. The number of para-hydroxylation sites is 1. The zero-order valence-electron chi connectivity index (χ0n) is 12.2. The Labute approximate surface area is 124 Å². The second kappa shape index (κ2) is 6.13. The van der Waals surface area contributed by atoms with Crippen molar-refractivity contribution in [1.29, 1.82) is 0 Å². The van der Waals surface area contributed by atoms with Gasteiger partial charge in [0.25, 0.3) is 0 Å². The van der Waals surface area contributed by atoms with E-state index in [0.29, 0.717) is 0 Å². The molecule has 1 unspecified atom stereocenters.